The van der Waals surface area contributed by atoms with E-state index >= 15 is 0 Å². The highest BCUT2D eigenvalue weighted by molar-refractivity contribution is 5.91. The molecular weight excluding hydrogens is 292 g/mol. The summed E-state index contributed by atoms with van der Waals surface area (Å²) in [6, 6.07) is 4.01. The molecule has 0 fully saturated rings. The first kappa shape index (κ1) is 15.4. The molecule has 0 saturated carbocycles. The van der Waals surface area contributed by atoms with Crippen LogP contribution in [0.4, 0.5) is 11.4 Å². The lowest BCUT2D eigenvalue weighted by Gasteiger charge is -2.17. The Bertz CT molecular complexity index is 712. The van der Waals surface area contributed by atoms with E-state index in [4.69, 9.17) is 4.52 Å². The average Bonchev–Trinajstić information content (AvgIpc) is 2.90. The molecule has 116 valence electrons. The van der Waals surface area contributed by atoms with Gasteiger partial charge in [-0.25, -0.2) is 4.79 Å². The summed E-state index contributed by atoms with van der Waals surface area (Å²) in [6.07, 6.45) is 0. The molecule has 2 aromatic rings. The highest BCUT2D eigenvalue weighted by Crippen LogP contribution is 2.29. The third kappa shape index (κ3) is 3.19. The number of carbonyl (C=O) groups excluding carboxylic acids is 1. The number of anilines is 1. The fourth-order valence-corrected chi connectivity index (χ4v) is 1.93. The number of aromatic nitrogens is 2. The maximum absolute atomic E-state index is 11.6. The second-order valence-electron chi connectivity index (χ2n) is 4.54. The molecule has 0 amide bonds. The van der Waals surface area contributed by atoms with Gasteiger partial charge in [0.05, 0.1) is 24.1 Å². The van der Waals surface area contributed by atoms with Gasteiger partial charge in [0.2, 0.25) is 5.89 Å². The monoisotopic (exact) mass is 306 g/mol. The van der Waals surface area contributed by atoms with Gasteiger partial charge >= 0.3 is 5.97 Å². The van der Waals surface area contributed by atoms with Crippen molar-refractivity contribution in [2.75, 3.05) is 19.1 Å². The molecule has 0 aliphatic heterocycles. The van der Waals surface area contributed by atoms with Crippen LogP contribution in [-0.2, 0) is 11.3 Å². The first-order chi connectivity index (χ1) is 10.4. The molecule has 0 bridgehead atoms. The second-order valence-corrected chi connectivity index (χ2v) is 4.54. The van der Waals surface area contributed by atoms with Crippen molar-refractivity contribution < 1.29 is 19.0 Å². The maximum Gasteiger partial charge on any atom is 0.337 e. The van der Waals surface area contributed by atoms with Crippen LogP contribution in [0.3, 0.4) is 0 Å². The smallest absolute Gasteiger partial charge is 0.337 e. The Balaban J connectivity index is 2.36. The van der Waals surface area contributed by atoms with Crippen molar-refractivity contribution in [3.8, 4) is 0 Å². The number of rotatable bonds is 5. The number of aryl methyl sites for hydroxylation is 1. The molecule has 9 nitrogen and oxygen atoms in total. The van der Waals surface area contributed by atoms with Gasteiger partial charge in [0, 0.05) is 20.0 Å². The largest absolute Gasteiger partial charge is 0.465 e. The summed E-state index contributed by atoms with van der Waals surface area (Å²) >= 11 is 0. The third-order valence-corrected chi connectivity index (χ3v) is 2.95. The first-order valence-corrected chi connectivity index (χ1v) is 6.29. The summed E-state index contributed by atoms with van der Waals surface area (Å²) in [5, 5.41) is 14.9. The molecule has 0 radical (unpaired) electrons. The van der Waals surface area contributed by atoms with E-state index in [1.54, 1.807) is 18.9 Å². The number of nitrogens with zero attached hydrogens (tertiary/aromatic N) is 4. The Kier molecular flexibility index (Phi) is 4.35. The summed E-state index contributed by atoms with van der Waals surface area (Å²) in [6.45, 7) is 1.85. The standard InChI is InChI=1S/C13H14N4O5/c1-8-14-12(15-22-8)7-16(2)11-6-9(13(18)21-3)4-5-10(11)17(19)20/h4-6H,7H2,1-3H3. The molecule has 9 heteroatoms. The minimum atomic E-state index is -0.569. The zero-order valence-corrected chi connectivity index (χ0v) is 12.3. The van der Waals surface area contributed by atoms with E-state index in [0.29, 0.717) is 11.7 Å². The number of esters is 1. The lowest BCUT2D eigenvalue weighted by atomic mass is 10.1. The molecule has 0 atom stereocenters. The molecule has 0 saturated heterocycles. The lowest BCUT2D eigenvalue weighted by Crippen LogP contribution is -2.19. The normalized spacial score (nSPS) is 10.3. The van der Waals surface area contributed by atoms with E-state index in [1.165, 1.54) is 25.3 Å². The molecule has 22 heavy (non-hydrogen) atoms. The molecule has 0 spiro atoms. The average molecular weight is 306 g/mol. The minimum absolute atomic E-state index is 0.129. The molecule has 1 heterocycles. The van der Waals surface area contributed by atoms with Crippen LogP contribution in [0.2, 0.25) is 0 Å². The van der Waals surface area contributed by atoms with Gasteiger partial charge in [0.1, 0.15) is 5.69 Å². The number of nitro benzene ring substituents is 1. The number of benzene rings is 1. The topological polar surface area (TPSA) is 112 Å². The van der Waals surface area contributed by atoms with E-state index in [1.807, 2.05) is 0 Å². The number of hydrogen-bond acceptors (Lipinski definition) is 8. The number of methoxy groups -OCH3 is 1. The Morgan fingerprint density at radius 1 is 1.50 bits per heavy atom. The summed E-state index contributed by atoms with van der Waals surface area (Å²) in [5.41, 5.74) is 0.352. The van der Waals surface area contributed by atoms with Crippen LogP contribution in [0.25, 0.3) is 0 Å². The number of carbonyl (C=O) groups is 1. The van der Waals surface area contributed by atoms with Gasteiger partial charge in [-0.05, 0) is 12.1 Å². The van der Waals surface area contributed by atoms with E-state index < -0.39 is 10.9 Å². The van der Waals surface area contributed by atoms with Crippen molar-refractivity contribution in [1.82, 2.24) is 10.1 Å². The van der Waals surface area contributed by atoms with Gasteiger partial charge in [0.25, 0.3) is 5.69 Å². The molecule has 0 aliphatic carbocycles. The quantitative estimate of drug-likeness (QED) is 0.466. The number of hydrogen-bond donors (Lipinski definition) is 0. The fourth-order valence-electron chi connectivity index (χ4n) is 1.93. The van der Waals surface area contributed by atoms with Crippen molar-refractivity contribution in [3.05, 3.63) is 45.6 Å². The van der Waals surface area contributed by atoms with Gasteiger partial charge in [-0.1, -0.05) is 5.16 Å². The molecule has 2 rings (SSSR count). The molecule has 0 N–H and O–H groups in total. The van der Waals surface area contributed by atoms with E-state index in [9.17, 15) is 14.9 Å². The lowest BCUT2D eigenvalue weighted by molar-refractivity contribution is -0.384. The van der Waals surface area contributed by atoms with E-state index in [0.717, 1.165) is 0 Å². The van der Waals surface area contributed by atoms with Crippen molar-refractivity contribution in [3.63, 3.8) is 0 Å². The predicted molar refractivity (Wildman–Crippen MR) is 75.6 cm³/mol. The van der Waals surface area contributed by atoms with Crippen LogP contribution >= 0.6 is 0 Å². The van der Waals surface area contributed by atoms with E-state index in [2.05, 4.69) is 14.9 Å². The molecular formula is C13H14N4O5. The van der Waals surface area contributed by atoms with Crippen LogP contribution < -0.4 is 4.90 Å². The van der Waals surface area contributed by atoms with Crippen molar-refractivity contribution in [2.45, 2.75) is 13.5 Å². The molecule has 0 aliphatic rings. The highest BCUT2D eigenvalue weighted by atomic mass is 16.6. The van der Waals surface area contributed by atoms with Crippen LogP contribution in [0.15, 0.2) is 22.7 Å². The minimum Gasteiger partial charge on any atom is -0.465 e. The van der Waals surface area contributed by atoms with Gasteiger partial charge in [-0.2, -0.15) is 4.98 Å². The maximum atomic E-state index is 11.6. The van der Waals surface area contributed by atoms with Gasteiger partial charge in [-0.15, -0.1) is 0 Å². The Labute approximate surface area is 125 Å². The third-order valence-electron chi connectivity index (χ3n) is 2.95. The molecule has 1 aromatic carbocycles. The van der Waals surface area contributed by atoms with Gasteiger partial charge in [0.15, 0.2) is 5.82 Å². The summed E-state index contributed by atoms with van der Waals surface area (Å²) < 4.78 is 9.49. The van der Waals surface area contributed by atoms with Gasteiger partial charge < -0.3 is 14.2 Å². The molecule has 0 unspecified atom stereocenters. The zero-order chi connectivity index (χ0) is 16.3. The predicted octanol–water partition coefficient (Wildman–Crippen LogP) is 1.71. The first-order valence-electron chi connectivity index (χ1n) is 6.29. The fraction of sp³-hybridized carbons (Fsp3) is 0.308. The SMILES string of the molecule is COC(=O)c1ccc([N+](=O)[O-])c(N(C)Cc2noc(C)n2)c1. The zero-order valence-electron chi connectivity index (χ0n) is 12.3. The van der Waals surface area contributed by atoms with Crippen molar-refractivity contribution in [2.24, 2.45) is 0 Å². The summed E-state index contributed by atoms with van der Waals surface area (Å²) in [7, 11) is 2.88. The van der Waals surface area contributed by atoms with Gasteiger partial charge in [-0.3, -0.25) is 10.1 Å². The van der Waals surface area contributed by atoms with Crippen LogP contribution in [0.5, 0.6) is 0 Å². The second kappa shape index (κ2) is 6.20. The summed E-state index contributed by atoms with van der Waals surface area (Å²) in [5.74, 6) is 0.221. The van der Waals surface area contributed by atoms with E-state index in [-0.39, 0.29) is 23.5 Å². The van der Waals surface area contributed by atoms with Crippen LogP contribution in [0, 0.1) is 17.0 Å². The van der Waals surface area contributed by atoms with Crippen LogP contribution in [0.1, 0.15) is 22.1 Å². The highest BCUT2D eigenvalue weighted by Gasteiger charge is 2.21. The Morgan fingerprint density at radius 3 is 2.77 bits per heavy atom. The van der Waals surface area contributed by atoms with Crippen molar-refractivity contribution in [1.29, 1.82) is 0 Å². The number of ether oxygens (including phenoxy) is 1. The molecule has 1 aromatic heterocycles. The Hall–Kier alpha value is -2.97. The summed E-state index contributed by atoms with van der Waals surface area (Å²) in [4.78, 5) is 27.8. The Morgan fingerprint density at radius 2 is 2.23 bits per heavy atom. The van der Waals surface area contributed by atoms with Crippen LogP contribution in [-0.4, -0.2) is 35.2 Å². The number of nitro groups is 1. The van der Waals surface area contributed by atoms with Crippen molar-refractivity contribution >= 4 is 17.3 Å².